The van der Waals surface area contributed by atoms with Crippen molar-refractivity contribution in [2.45, 2.75) is 58.7 Å². The van der Waals surface area contributed by atoms with Gasteiger partial charge >= 0.3 is 6.09 Å². The highest BCUT2D eigenvalue weighted by Gasteiger charge is 2.28. The third kappa shape index (κ3) is 2.63. The number of ether oxygens (including phenoxy) is 1. The molecule has 1 fully saturated rings. The molecule has 1 aliphatic rings. The molecule has 3 rings (SSSR count). The van der Waals surface area contributed by atoms with Gasteiger partial charge in [-0.15, -0.1) is 0 Å². The summed E-state index contributed by atoms with van der Waals surface area (Å²) in [5, 5.41) is 10.7. The molecule has 2 aromatic rings. The summed E-state index contributed by atoms with van der Waals surface area (Å²) in [6, 6.07) is 4.02. The first kappa shape index (κ1) is 15.1. The van der Waals surface area contributed by atoms with E-state index in [0.29, 0.717) is 5.92 Å². The van der Waals surface area contributed by atoms with Crippen molar-refractivity contribution >= 4 is 17.0 Å². The molecule has 22 heavy (non-hydrogen) atoms. The zero-order valence-corrected chi connectivity index (χ0v) is 13.6. The van der Waals surface area contributed by atoms with Crippen molar-refractivity contribution in [2.75, 3.05) is 0 Å². The predicted octanol–water partition coefficient (Wildman–Crippen LogP) is 4.10. The van der Waals surface area contributed by atoms with E-state index in [-0.39, 0.29) is 12.7 Å². The molecule has 0 saturated heterocycles. The van der Waals surface area contributed by atoms with Crippen LogP contribution in [-0.4, -0.2) is 21.4 Å². The summed E-state index contributed by atoms with van der Waals surface area (Å²) in [4.78, 5) is 12.4. The molecule has 0 aliphatic heterocycles. The van der Waals surface area contributed by atoms with E-state index in [4.69, 9.17) is 4.74 Å². The van der Waals surface area contributed by atoms with Gasteiger partial charge in [0.2, 0.25) is 0 Å². The molecule has 0 atom stereocenters. The number of carbonyl (C=O) groups is 1. The maximum Gasteiger partial charge on any atom is 0.418 e. The monoisotopic (exact) mass is 301 g/mol. The van der Waals surface area contributed by atoms with Crippen molar-refractivity contribution in [2.24, 2.45) is 0 Å². The van der Waals surface area contributed by atoms with Crippen molar-refractivity contribution < 1.29 is 14.6 Å². The highest BCUT2D eigenvalue weighted by atomic mass is 16.6. The van der Waals surface area contributed by atoms with Gasteiger partial charge in [0.15, 0.2) is 0 Å². The molecule has 118 valence electrons. The van der Waals surface area contributed by atoms with Crippen molar-refractivity contribution in [1.82, 2.24) is 4.57 Å². The quantitative estimate of drug-likeness (QED) is 0.908. The molecular formula is C18H23NO3. The van der Waals surface area contributed by atoms with Crippen molar-refractivity contribution in [3.63, 3.8) is 0 Å². The highest BCUT2D eigenvalue weighted by Crippen LogP contribution is 2.44. The normalized spacial score (nSPS) is 15.3. The SMILES string of the molecule is Cc1cc(C2CC2)c(CO)c2ccn(C(=O)OC(C)(C)C)c12. The third-order valence-electron chi connectivity index (χ3n) is 4.07. The molecule has 0 unspecified atom stereocenters. The van der Waals surface area contributed by atoms with E-state index < -0.39 is 5.60 Å². The molecule has 0 bridgehead atoms. The smallest absolute Gasteiger partial charge is 0.418 e. The Labute approximate surface area is 130 Å². The first-order chi connectivity index (χ1) is 10.3. The maximum atomic E-state index is 12.4. The van der Waals surface area contributed by atoms with Gasteiger partial charge in [0, 0.05) is 11.6 Å². The van der Waals surface area contributed by atoms with Crippen LogP contribution in [0.15, 0.2) is 18.3 Å². The molecule has 0 radical (unpaired) electrons. The van der Waals surface area contributed by atoms with Gasteiger partial charge in [0.25, 0.3) is 0 Å². The zero-order chi connectivity index (χ0) is 16.1. The Hall–Kier alpha value is -1.81. The number of aryl methyl sites for hydroxylation is 1. The van der Waals surface area contributed by atoms with E-state index in [9.17, 15) is 9.90 Å². The number of aromatic nitrogens is 1. The standard InChI is InChI=1S/C18H23NO3/c1-11-9-14(12-5-6-12)15(10-20)13-7-8-19(16(11)13)17(21)22-18(2,3)4/h7-9,12,20H,5-6,10H2,1-4H3. The summed E-state index contributed by atoms with van der Waals surface area (Å²) in [5.74, 6) is 0.565. The lowest BCUT2D eigenvalue weighted by Crippen LogP contribution is -2.26. The molecular weight excluding hydrogens is 278 g/mol. The number of carbonyl (C=O) groups excluding carboxylic acids is 1. The zero-order valence-electron chi connectivity index (χ0n) is 13.6. The van der Waals surface area contributed by atoms with Crippen LogP contribution in [0.1, 0.15) is 56.2 Å². The molecule has 1 aromatic heterocycles. The molecule has 1 N–H and O–H groups in total. The van der Waals surface area contributed by atoms with Crippen molar-refractivity contribution in [3.05, 3.63) is 35.0 Å². The van der Waals surface area contributed by atoms with E-state index in [1.165, 1.54) is 18.4 Å². The van der Waals surface area contributed by atoms with Crippen molar-refractivity contribution in [1.29, 1.82) is 0 Å². The van der Waals surface area contributed by atoms with Gasteiger partial charge in [-0.05, 0) is 69.2 Å². The van der Waals surface area contributed by atoms with Gasteiger partial charge in [0.1, 0.15) is 5.60 Å². The first-order valence-electron chi connectivity index (χ1n) is 7.79. The Kier molecular flexibility index (Phi) is 3.52. The van der Waals surface area contributed by atoms with E-state index in [1.807, 2.05) is 33.8 Å². The fraction of sp³-hybridized carbons (Fsp3) is 0.500. The topological polar surface area (TPSA) is 51.5 Å². The van der Waals surface area contributed by atoms with Gasteiger partial charge in [0.05, 0.1) is 12.1 Å². The van der Waals surface area contributed by atoms with Crippen LogP contribution in [-0.2, 0) is 11.3 Å². The van der Waals surface area contributed by atoms with Crippen LogP contribution < -0.4 is 0 Å². The predicted molar refractivity (Wildman–Crippen MR) is 86.2 cm³/mol. The van der Waals surface area contributed by atoms with Crippen LogP contribution in [0.25, 0.3) is 10.9 Å². The molecule has 1 aliphatic carbocycles. The van der Waals surface area contributed by atoms with E-state index in [2.05, 4.69) is 6.07 Å². The molecule has 1 aromatic carbocycles. The minimum atomic E-state index is -0.532. The van der Waals surface area contributed by atoms with E-state index in [0.717, 1.165) is 22.0 Å². The fourth-order valence-corrected chi connectivity index (χ4v) is 3.02. The largest absolute Gasteiger partial charge is 0.443 e. The number of nitrogens with zero attached hydrogens (tertiary/aromatic N) is 1. The molecule has 0 spiro atoms. The van der Waals surface area contributed by atoms with Crippen LogP contribution in [0.5, 0.6) is 0 Å². The van der Waals surface area contributed by atoms with Crippen molar-refractivity contribution in [3.8, 4) is 0 Å². The van der Waals surface area contributed by atoms with E-state index >= 15 is 0 Å². The molecule has 0 amide bonds. The second-order valence-electron chi connectivity index (χ2n) is 7.12. The Balaban J connectivity index is 2.13. The molecule has 1 heterocycles. The van der Waals surface area contributed by atoms with Crippen LogP contribution in [0.3, 0.4) is 0 Å². The summed E-state index contributed by atoms with van der Waals surface area (Å²) in [6.45, 7) is 7.58. The fourth-order valence-electron chi connectivity index (χ4n) is 3.02. The number of aliphatic hydroxyl groups excluding tert-OH is 1. The average Bonchev–Trinajstić information content (AvgIpc) is 3.15. The lowest BCUT2D eigenvalue weighted by Gasteiger charge is -2.20. The second-order valence-corrected chi connectivity index (χ2v) is 7.12. The second kappa shape index (κ2) is 5.13. The summed E-state index contributed by atoms with van der Waals surface area (Å²) in [7, 11) is 0. The Bertz CT molecular complexity index is 733. The Morgan fingerprint density at radius 2 is 2.09 bits per heavy atom. The Morgan fingerprint density at radius 3 is 2.64 bits per heavy atom. The lowest BCUT2D eigenvalue weighted by molar-refractivity contribution is 0.0544. The summed E-state index contributed by atoms with van der Waals surface area (Å²) in [5.41, 5.74) is 3.53. The van der Waals surface area contributed by atoms with Gasteiger partial charge < -0.3 is 9.84 Å². The van der Waals surface area contributed by atoms with Gasteiger partial charge in [-0.3, -0.25) is 4.57 Å². The number of benzene rings is 1. The maximum absolute atomic E-state index is 12.4. The van der Waals surface area contributed by atoms with Crippen LogP contribution in [0.4, 0.5) is 4.79 Å². The van der Waals surface area contributed by atoms with Crippen LogP contribution in [0.2, 0.25) is 0 Å². The highest BCUT2D eigenvalue weighted by molar-refractivity contribution is 5.94. The average molecular weight is 301 g/mol. The van der Waals surface area contributed by atoms with Gasteiger partial charge in [-0.2, -0.15) is 0 Å². The minimum absolute atomic E-state index is 0.000938. The number of hydrogen-bond acceptors (Lipinski definition) is 3. The first-order valence-corrected chi connectivity index (χ1v) is 7.79. The summed E-state index contributed by atoms with van der Waals surface area (Å²) >= 11 is 0. The number of rotatable bonds is 2. The lowest BCUT2D eigenvalue weighted by atomic mass is 9.97. The van der Waals surface area contributed by atoms with E-state index in [1.54, 1.807) is 10.8 Å². The molecule has 4 nitrogen and oxygen atoms in total. The molecule has 1 saturated carbocycles. The Morgan fingerprint density at radius 1 is 1.41 bits per heavy atom. The summed E-state index contributed by atoms with van der Waals surface area (Å²) in [6.07, 6.45) is 3.73. The number of hydrogen-bond donors (Lipinski definition) is 1. The summed E-state index contributed by atoms with van der Waals surface area (Å²) < 4.78 is 7.02. The number of aliphatic hydroxyl groups is 1. The van der Waals surface area contributed by atoms with Gasteiger partial charge in [-0.1, -0.05) is 6.07 Å². The minimum Gasteiger partial charge on any atom is -0.443 e. The molecule has 4 heteroatoms. The van der Waals surface area contributed by atoms with Crippen LogP contribution in [0, 0.1) is 6.92 Å². The number of fused-ring (bicyclic) bond motifs is 1. The van der Waals surface area contributed by atoms with Gasteiger partial charge in [-0.25, -0.2) is 4.79 Å². The van der Waals surface area contributed by atoms with Crippen LogP contribution >= 0.6 is 0 Å². The third-order valence-corrected chi connectivity index (χ3v) is 4.07.